The topological polar surface area (TPSA) is 138 Å². The van der Waals surface area contributed by atoms with Crippen LogP contribution in [0.4, 0.5) is 11.5 Å². The number of hydrogen-bond donors (Lipinski definition) is 4. The number of fused-ring (bicyclic) bond motifs is 1. The maximum Gasteiger partial charge on any atom is 0.247 e. The summed E-state index contributed by atoms with van der Waals surface area (Å²) in [6, 6.07) is 2.10. The van der Waals surface area contributed by atoms with Crippen molar-refractivity contribution < 1.29 is 19.1 Å². The van der Waals surface area contributed by atoms with Gasteiger partial charge in [0.2, 0.25) is 17.7 Å². The van der Waals surface area contributed by atoms with Crippen LogP contribution < -0.4 is 26.0 Å². The molecule has 1 saturated carbocycles. The van der Waals surface area contributed by atoms with E-state index >= 15 is 0 Å². The van der Waals surface area contributed by atoms with Gasteiger partial charge in [0.25, 0.3) is 0 Å². The lowest BCUT2D eigenvalue weighted by atomic mass is 9.85. The van der Waals surface area contributed by atoms with Crippen LogP contribution in [0.3, 0.4) is 0 Å². The van der Waals surface area contributed by atoms with E-state index < -0.39 is 23.5 Å². The fourth-order valence-electron chi connectivity index (χ4n) is 5.64. The first-order valence-corrected chi connectivity index (χ1v) is 14.7. The maximum atomic E-state index is 13.8. The summed E-state index contributed by atoms with van der Waals surface area (Å²) in [7, 11) is 3.24. The molecule has 3 amide bonds. The summed E-state index contributed by atoms with van der Waals surface area (Å²) in [4.78, 5) is 50.7. The van der Waals surface area contributed by atoms with Crippen LogP contribution in [0.5, 0.6) is 5.75 Å². The molecule has 2 aliphatic rings. The summed E-state index contributed by atoms with van der Waals surface area (Å²) in [5, 5.41) is 13.2. The van der Waals surface area contributed by atoms with Gasteiger partial charge in [0.15, 0.2) is 0 Å². The molecule has 0 unspecified atom stereocenters. The Morgan fingerprint density at radius 3 is 2.44 bits per heavy atom. The van der Waals surface area contributed by atoms with Gasteiger partial charge in [-0.3, -0.25) is 14.4 Å². The molecule has 1 aliphatic heterocycles. The molecule has 1 saturated heterocycles. The molecule has 1 aromatic heterocycles. The van der Waals surface area contributed by atoms with Gasteiger partial charge in [-0.05, 0) is 51.1 Å². The molecule has 0 radical (unpaired) electrons. The van der Waals surface area contributed by atoms with E-state index in [9.17, 15) is 14.4 Å². The molecule has 1 aliphatic carbocycles. The Morgan fingerprint density at radius 1 is 1.05 bits per heavy atom. The summed E-state index contributed by atoms with van der Waals surface area (Å²) in [5.74, 6) is 0.392. The minimum atomic E-state index is -0.778. The summed E-state index contributed by atoms with van der Waals surface area (Å²) in [6.45, 7) is 7.91. The van der Waals surface area contributed by atoms with Crippen LogP contribution >= 0.6 is 0 Å². The maximum absolute atomic E-state index is 13.8. The zero-order valence-corrected chi connectivity index (χ0v) is 25.2. The third-order valence-electron chi connectivity index (χ3n) is 8.22. The predicted octanol–water partition coefficient (Wildman–Crippen LogP) is 3.45. The number of aromatic nitrogens is 2. The summed E-state index contributed by atoms with van der Waals surface area (Å²) >= 11 is 0. The molecule has 4 rings (SSSR count). The first-order chi connectivity index (χ1) is 19.5. The molecule has 11 nitrogen and oxygen atoms in total. The number of likely N-dealkylation sites (N-methyl/N-ethyl adjacent to an activating group) is 1. The van der Waals surface area contributed by atoms with E-state index in [1.807, 2.05) is 26.8 Å². The van der Waals surface area contributed by atoms with Crippen molar-refractivity contribution in [2.45, 2.75) is 96.8 Å². The van der Waals surface area contributed by atoms with Crippen molar-refractivity contribution in [3.63, 3.8) is 0 Å². The fourth-order valence-corrected chi connectivity index (χ4v) is 5.64. The smallest absolute Gasteiger partial charge is 0.247 e. The highest BCUT2D eigenvalue weighted by molar-refractivity contribution is 6.02. The number of nitrogens with zero attached hydrogens (tertiary/aromatic N) is 3. The third kappa shape index (κ3) is 7.06. The Hall–Kier alpha value is -3.47. The monoisotopic (exact) mass is 567 g/mol. The number of benzene rings is 1. The average Bonchev–Trinajstić information content (AvgIpc) is 3.45. The van der Waals surface area contributed by atoms with Gasteiger partial charge in [-0.1, -0.05) is 40.0 Å². The quantitative estimate of drug-likeness (QED) is 0.362. The fraction of sp³-hybridized carbons (Fsp3) is 0.633. The number of carbonyl (C=O) groups excluding carboxylic acids is 3. The number of nitrogens with one attached hydrogen (secondary N) is 4. The van der Waals surface area contributed by atoms with E-state index in [4.69, 9.17) is 4.74 Å². The molecule has 4 N–H and O–H groups in total. The predicted molar refractivity (Wildman–Crippen MR) is 160 cm³/mol. The molecule has 2 aromatic rings. The highest BCUT2D eigenvalue weighted by Crippen LogP contribution is 2.34. The normalized spacial score (nSPS) is 19.5. The first-order valence-electron chi connectivity index (χ1n) is 14.7. The standard InChI is InChI=1S/C30H45N7O4/c1-18(31-5)27(38)36-25(30(2,3)4)29(40)37-14-10-13-23(37)28(39)35-22-15-20-21(16-24(22)41-6)32-17-33-26(20)34-19-11-8-7-9-12-19/h15-19,23,25,31H,7-14H2,1-6H3,(H,35,39)(H,36,38)(H,32,33,34)/t18-,23-,25+/m0/s1. The number of carbonyl (C=O) groups is 3. The van der Waals surface area contributed by atoms with Gasteiger partial charge >= 0.3 is 0 Å². The van der Waals surface area contributed by atoms with Crippen molar-refractivity contribution in [2.75, 3.05) is 31.3 Å². The lowest BCUT2D eigenvalue weighted by molar-refractivity contribution is -0.143. The largest absolute Gasteiger partial charge is 0.494 e. The highest BCUT2D eigenvalue weighted by Gasteiger charge is 2.42. The van der Waals surface area contributed by atoms with Crippen molar-refractivity contribution in [1.82, 2.24) is 25.5 Å². The number of anilines is 2. The van der Waals surface area contributed by atoms with Crippen LogP contribution in [0.1, 0.15) is 72.6 Å². The lowest BCUT2D eigenvalue weighted by Gasteiger charge is -2.36. The molecular weight excluding hydrogens is 522 g/mol. The SMILES string of the molecule is CN[C@@H](C)C(=O)N[C@H](C(=O)N1CCC[C@H]1C(=O)Nc1cc2c(NC3CCCCC3)ncnc2cc1OC)C(C)(C)C. The number of hydrogen-bond acceptors (Lipinski definition) is 8. The van der Waals surface area contributed by atoms with Gasteiger partial charge in [0.1, 0.15) is 30.0 Å². The van der Waals surface area contributed by atoms with Gasteiger partial charge < -0.3 is 30.9 Å². The van der Waals surface area contributed by atoms with Gasteiger partial charge in [0, 0.05) is 24.0 Å². The molecule has 41 heavy (non-hydrogen) atoms. The molecular formula is C30H45N7O4. The molecule has 224 valence electrons. The second kappa shape index (κ2) is 13.0. The van der Waals surface area contributed by atoms with Crippen LogP contribution in [0, 0.1) is 5.41 Å². The Morgan fingerprint density at radius 2 is 1.78 bits per heavy atom. The Bertz CT molecular complexity index is 1260. The van der Waals surface area contributed by atoms with E-state index in [0.717, 1.165) is 24.0 Å². The first kappa shape index (κ1) is 30.5. The van der Waals surface area contributed by atoms with Crippen LogP contribution in [0.2, 0.25) is 0 Å². The lowest BCUT2D eigenvalue weighted by Crippen LogP contribution is -2.59. The average molecular weight is 568 g/mol. The van der Waals surface area contributed by atoms with Gasteiger partial charge in [-0.15, -0.1) is 0 Å². The summed E-state index contributed by atoms with van der Waals surface area (Å²) < 4.78 is 5.61. The molecule has 0 spiro atoms. The van der Waals surface area contributed by atoms with Crippen LogP contribution in [-0.2, 0) is 14.4 Å². The number of methoxy groups -OCH3 is 1. The minimum Gasteiger partial charge on any atom is -0.494 e. The van der Waals surface area contributed by atoms with E-state index in [1.54, 1.807) is 32.0 Å². The molecule has 2 heterocycles. The van der Waals surface area contributed by atoms with E-state index in [1.165, 1.54) is 25.6 Å². The Kier molecular flexibility index (Phi) is 9.68. The number of ether oxygens (including phenoxy) is 1. The highest BCUT2D eigenvalue weighted by atomic mass is 16.5. The number of amides is 3. The second-order valence-electron chi connectivity index (χ2n) is 12.3. The third-order valence-corrected chi connectivity index (χ3v) is 8.22. The van der Waals surface area contributed by atoms with Crippen molar-refractivity contribution in [3.8, 4) is 5.75 Å². The second-order valence-corrected chi connectivity index (χ2v) is 12.3. The van der Waals surface area contributed by atoms with Gasteiger partial charge in [-0.25, -0.2) is 9.97 Å². The molecule has 3 atom stereocenters. The zero-order valence-electron chi connectivity index (χ0n) is 25.2. The molecule has 2 fully saturated rings. The van der Waals surface area contributed by atoms with Gasteiger partial charge in [-0.2, -0.15) is 0 Å². The van der Waals surface area contributed by atoms with Crippen molar-refractivity contribution in [3.05, 3.63) is 18.5 Å². The summed E-state index contributed by atoms with van der Waals surface area (Å²) in [5.41, 5.74) is 0.660. The van der Waals surface area contributed by atoms with Gasteiger partial charge in [0.05, 0.1) is 24.4 Å². The number of rotatable bonds is 9. The molecule has 11 heteroatoms. The van der Waals surface area contributed by atoms with Crippen LogP contribution in [0.25, 0.3) is 10.9 Å². The molecule has 0 bridgehead atoms. The van der Waals surface area contributed by atoms with Crippen molar-refractivity contribution in [1.29, 1.82) is 0 Å². The van der Waals surface area contributed by atoms with Crippen LogP contribution in [0.15, 0.2) is 18.5 Å². The summed E-state index contributed by atoms with van der Waals surface area (Å²) in [6.07, 6.45) is 8.61. The minimum absolute atomic E-state index is 0.260. The number of likely N-dealkylation sites (tertiary alicyclic amines) is 1. The van der Waals surface area contributed by atoms with E-state index in [0.29, 0.717) is 42.4 Å². The van der Waals surface area contributed by atoms with E-state index in [2.05, 4.69) is 31.2 Å². The van der Waals surface area contributed by atoms with Crippen molar-refractivity contribution >= 4 is 40.1 Å². The Balaban J connectivity index is 1.56. The van der Waals surface area contributed by atoms with E-state index in [-0.39, 0.29) is 17.7 Å². The molecule has 1 aromatic carbocycles. The Labute approximate surface area is 242 Å². The van der Waals surface area contributed by atoms with Crippen molar-refractivity contribution in [2.24, 2.45) is 5.41 Å². The zero-order chi connectivity index (χ0) is 29.7. The van der Waals surface area contributed by atoms with Crippen LogP contribution in [-0.4, -0.2) is 77.5 Å².